The Morgan fingerprint density at radius 1 is 1.11 bits per heavy atom. The number of para-hydroxylation sites is 1. The minimum Gasteiger partial charge on any atom is -0.393 e. The monoisotopic (exact) mass is 242 g/mol. The highest BCUT2D eigenvalue weighted by Gasteiger charge is 2.24. The molecule has 18 heavy (non-hydrogen) atoms. The Balaban J connectivity index is 1.92. The van der Waals surface area contributed by atoms with Crippen molar-refractivity contribution in [3.05, 3.63) is 48.3 Å². The molecule has 0 spiro atoms. The summed E-state index contributed by atoms with van der Waals surface area (Å²) in [6.45, 7) is 0. The summed E-state index contributed by atoms with van der Waals surface area (Å²) in [5.41, 5.74) is 2.32. The fraction of sp³-hybridized carbons (Fsp3) is 0.400. The molecule has 1 N–H and O–H groups in total. The quantitative estimate of drug-likeness (QED) is 0.879. The molecule has 2 unspecified atom stereocenters. The van der Waals surface area contributed by atoms with Gasteiger partial charge in [-0.2, -0.15) is 5.10 Å². The first-order valence-corrected chi connectivity index (χ1v) is 6.62. The molecule has 3 heteroatoms. The summed E-state index contributed by atoms with van der Waals surface area (Å²) in [6, 6.07) is 12.3. The van der Waals surface area contributed by atoms with Gasteiger partial charge in [-0.05, 0) is 37.5 Å². The van der Waals surface area contributed by atoms with E-state index in [2.05, 4.69) is 23.3 Å². The fourth-order valence-electron chi connectivity index (χ4n) is 2.84. The van der Waals surface area contributed by atoms with Crippen LogP contribution in [-0.2, 0) is 0 Å². The van der Waals surface area contributed by atoms with E-state index in [1.165, 1.54) is 5.69 Å². The number of hydrogen-bond donors (Lipinski definition) is 1. The molecule has 1 aromatic heterocycles. The molecule has 3 nitrogen and oxygen atoms in total. The van der Waals surface area contributed by atoms with E-state index in [9.17, 15) is 5.11 Å². The molecular weight excluding hydrogens is 224 g/mol. The van der Waals surface area contributed by atoms with Crippen molar-refractivity contribution >= 4 is 0 Å². The maximum atomic E-state index is 9.81. The van der Waals surface area contributed by atoms with Crippen LogP contribution in [0.1, 0.15) is 37.3 Å². The van der Waals surface area contributed by atoms with Crippen LogP contribution in [0.15, 0.2) is 42.6 Å². The summed E-state index contributed by atoms with van der Waals surface area (Å²) < 4.78 is 2.00. The highest BCUT2D eigenvalue weighted by Crippen LogP contribution is 2.33. The van der Waals surface area contributed by atoms with Crippen LogP contribution in [0.4, 0.5) is 0 Å². The molecule has 3 rings (SSSR count). The molecule has 0 aliphatic heterocycles. The van der Waals surface area contributed by atoms with Crippen molar-refractivity contribution in [3.8, 4) is 5.69 Å². The van der Waals surface area contributed by atoms with Gasteiger partial charge in [0.05, 0.1) is 11.8 Å². The van der Waals surface area contributed by atoms with Crippen molar-refractivity contribution in [1.82, 2.24) is 9.78 Å². The summed E-state index contributed by atoms with van der Waals surface area (Å²) in [4.78, 5) is 0. The van der Waals surface area contributed by atoms with Crippen molar-refractivity contribution in [2.24, 2.45) is 0 Å². The van der Waals surface area contributed by atoms with Crippen molar-refractivity contribution in [1.29, 1.82) is 0 Å². The van der Waals surface area contributed by atoms with E-state index >= 15 is 0 Å². The van der Waals surface area contributed by atoms with Gasteiger partial charge in [-0.1, -0.05) is 24.6 Å². The lowest BCUT2D eigenvalue weighted by molar-refractivity contribution is 0.118. The third kappa shape index (κ3) is 2.18. The van der Waals surface area contributed by atoms with Crippen LogP contribution in [0, 0.1) is 0 Å². The molecule has 1 aliphatic carbocycles. The molecule has 0 amide bonds. The van der Waals surface area contributed by atoms with Crippen LogP contribution in [-0.4, -0.2) is 21.0 Å². The number of aliphatic hydroxyl groups is 1. The zero-order chi connectivity index (χ0) is 12.4. The summed E-state index contributed by atoms with van der Waals surface area (Å²) >= 11 is 0. The molecule has 1 saturated carbocycles. The maximum absolute atomic E-state index is 9.81. The molecule has 2 aromatic rings. The lowest BCUT2D eigenvalue weighted by Crippen LogP contribution is -2.20. The van der Waals surface area contributed by atoms with Crippen LogP contribution < -0.4 is 0 Å². The Bertz CT molecular complexity index is 506. The van der Waals surface area contributed by atoms with Gasteiger partial charge in [0.15, 0.2) is 0 Å². The number of benzene rings is 1. The normalized spacial score (nSPS) is 24.1. The Morgan fingerprint density at radius 2 is 1.94 bits per heavy atom. The highest BCUT2D eigenvalue weighted by atomic mass is 16.3. The largest absolute Gasteiger partial charge is 0.393 e. The first-order chi connectivity index (χ1) is 8.84. The topological polar surface area (TPSA) is 38.1 Å². The number of nitrogens with zero attached hydrogens (tertiary/aromatic N) is 2. The van der Waals surface area contributed by atoms with Crippen molar-refractivity contribution in [3.63, 3.8) is 0 Å². The molecule has 2 atom stereocenters. The average molecular weight is 242 g/mol. The Hall–Kier alpha value is -1.61. The van der Waals surface area contributed by atoms with Crippen LogP contribution in [0.5, 0.6) is 0 Å². The molecular formula is C15H18N2O. The number of aliphatic hydroxyl groups excluding tert-OH is 1. The number of hydrogen-bond acceptors (Lipinski definition) is 2. The van der Waals surface area contributed by atoms with E-state index < -0.39 is 0 Å². The summed E-state index contributed by atoms with van der Waals surface area (Å²) in [5, 5.41) is 14.2. The van der Waals surface area contributed by atoms with Gasteiger partial charge < -0.3 is 5.11 Å². The lowest BCUT2D eigenvalue weighted by Gasteiger charge is -2.26. The van der Waals surface area contributed by atoms with Crippen LogP contribution >= 0.6 is 0 Å². The minimum atomic E-state index is -0.150. The number of aromatic nitrogens is 2. The van der Waals surface area contributed by atoms with Crippen molar-refractivity contribution < 1.29 is 5.11 Å². The van der Waals surface area contributed by atoms with Gasteiger partial charge in [-0.15, -0.1) is 0 Å². The third-order valence-electron chi connectivity index (χ3n) is 3.74. The van der Waals surface area contributed by atoms with Gasteiger partial charge in [0.25, 0.3) is 0 Å². The highest BCUT2D eigenvalue weighted by molar-refractivity contribution is 5.33. The second kappa shape index (κ2) is 4.94. The summed E-state index contributed by atoms with van der Waals surface area (Å²) in [7, 11) is 0. The van der Waals surface area contributed by atoms with Gasteiger partial charge in [0.2, 0.25) is 0 Å². The zero-order valence-electron chi connectivity index (χ0n) is 10.4. The Kier molecular flexibility index (Phi) is 3.15. The van der Waals surface area contributed by atoms with E-state index in [1.807, 2.05) is 29.1 Å². The number of rotatable bonds is 2. The summed E-state index contributed by atoms with van der Waals surface area (Å²) in [5.74, 6) is 0.427. The van der Waals surface area contributed by atoms with E-state index in [1.54, 1.807) is 0 Å². The maximum Gasteiger partial charge on any atom is 0.0648 e. The van der Waals surface area contributed by atoms with E-state index in [4.69, 9.17) is 0 Å². The fourth-order valence-corrected chi connectivity index (χ4v) is 2.84. The molecule has 1 fully saturated rings. The predicted octanol–water partition coefficient (Wildman–Crippen LogP) is 2.89. The zero-order valence-corrected chi connectivity index (χ0v) is 10.4. The van der Waals surface area contributed by atoms with Crippen molar-refractivity contribution in [2.45, 2.75) is 37.7 Å². The van der Waals surface area contributed by atoms with E-state index in [0.29, 0.717) is 5.92 Å². The molecule has 1 aromatic carbocycles. The SMILES string of the molecule is OC1CCCC(c2ccnn2-c2ccccc2)C1. The van der Waals surface area contributed by atoms with E-state index in [-0.39, 0.29) is 6.10 Å². The lowest BCUT2D eigenvalue weighted by atomic mass is 9.85. The minimum absolute atomic E-state index is 0.150. The van der Waals surface area contributed by atoms with Gasteiger partial charge in [-0.25, -0.2) is 4.68 Å². The molecule has 0 saturated heterocycles. The molecule has 0 bridgehead atoms. The van der Waals surface area contributed by atoms with Gasteiger partial charge in [-0.3, -0.25) is 0 Å². The molecule has 0 radical (unpaired) electrons. The predicted molar refractivity (Wildman–Crippen MR) is 70.8 cm³/mol. The van der Waals surface area contributed by atoms with Crippen LogP contribution in [0.2, 0.25) is 0 Å². The molecule has 94 valence electrons. The van der Waals surface area contributed by atoms with Crippen LogP contribution in [0.25, 0.3) is 5.69 Å². The first-order valence-electron chi connectivity index (χ1n) is 6.62. The Morgan fingerprint density at radius 3 is 2.72 bits per heavy atom. The average Bonchev–Trinajstić information content (AvgIpc) is 2.89. The molecule has 1 aliphatic rings. The second-order valence-electron chi connectivity index (χ2n) is 5.02. The second-order valence-corrected chi connectivity index (χ2v) is 5.02. The van der Waals surface area contributed by atoms with Gasteiger partial charge in [0.1, 0.15) is 0 Å². The molecule has 1 heterocycles. The van der Waals surface area contributed by atoms with Crippen molar-refractivity contribution in [2.75, 3.05) is 0 Å². The Labute approximate surface area is 107 Å². The van der Waals surface area contributed by atoms with E-state index in [0.717, 1.165) is 31.4 Å². The summed E-state index contributed by atoms with van der Waals surface area (Å²) in [6.07, 6.45) is 5.75. The van der Waals surface area contributed by atoms with Gasteiger partial charge >= 0.3 is 0 Å². The van der Waals surface area contributed by atoms with Crippen LogP contribution in [0.3, 0.4) is 0 Å². The van der Waals surface area contributed by atoms with Gasteiger partial charge in [0, 0.05) is 17.8 Å². The third-order valence-corrected chi connectivity index (χ3v) is 3.74. The smallest absolute Gasteiger partial charge is 0.0648 e. The first kappa shape index (κ1) is 11.5. The standard InChI is InChI=1S/C15H18N2O/c18-14-8-4-5-12(11-14)15-9-10-16-17(15)13-6-2-1-3-7-13/h1-3,6-7,9-10,12,14,18H,4-5,8,11H2.